The van der Waals surface area contributed by atoms with E-state index >= 15 is 0 Å². The molecule has 26 heavy (non-hydrogen) atoms. The summed E-state index contributed by atoms with van der Waals surface area (Å²) in [6.07, 6.45) is 7.52. The number of carbonyl (C=O) groups is 2. The van der Waals surface area contributed by atoms with Gasteiger partial charge in [0.2, 0.25) is 5.91 Å². The molecule has 2 fully saturated rings. The zero-order valence-electron chi connectivity index (χ0n) is 16.0. The summed E-state index contributed by atoms with van der Waals surface area (Å²) in [5.41, 5.74) is 1.74. The smallest absolute Gasteiger partial charge is 0.341 e. The zero-order chi connectivity index (χ0) is 18.4. The summed E-state index contributed by atoms with van der Waals surface area (Å²) in [5.74, 6) is 1.86. The normalized spacial score (nSPS) is 29.7. The molecule has 0 spiro atoms. The molecule has 1 N–H and O–H groups in total. The van der Waals surface area contributed by atoms with Crippen LogP contribution in [0.2, 0.25) is 0 Å². The highest BCUT2D eigenvalue weighted by atomic mass is 32.1. The maximum Gasteiger partial charge on any atom is 0.341 e. The van der Waals surface area contributed by atoms with Crippen molar-refractivity contribution >= 4 is 28.2 Å². The van der Waals surface area contributed by atoms with Crippen molar-refractivity contribution in [1.82, 2.24) is 0 Å². The largest absolute Gasteiger partial charge is 0.459 e. The lowest BCUT2D eigenvalue weighted by molar-refractivity contribution is -0.121. The second kappa shape index (κ2) is 6.99. The minimum absolute atomic E-state index is 0.113. The van der Waals surface area contributed by atoms with E-state index in [1.807, 2.05) is 13.8 Å². The number of fused-ring (bicyclic) bond motifs is 3. The van der Waals surface area contributed by atoms with E-state index in [1.165, 1.54) is 24.1 Å². The first-order valence-electron chi connectivity index (χ1n) is 10.1. The van der Waals surface area contributed by atoms with Crippen LogP contribution < -0.4 is 5.32 Å². The van der Waals surface area contributed by atoms with Crippen LogP contribution in [0.5, 0.6) is 0 Å². The second-order valence-corrected chi connectivity index (χ2v) is 9.89. The Morgan fingerprint density at radius 3 is 2.65 bits per heavy atom. The summed E-state index contributed by atoms with van der Waals surface area (Å²) >= 11 is 1.60. The van der Waals surface area contributed by atoms with Gasteiger partial charge in [0, 0.05) is 10.8 Å². The minimum Gasteiger partial charge on any atom is -0.459 e. The molecule has 0 saturated heterocycles. The van der Waals surface area contributed by atoms with Crippen LogP contribution in [0.4, 0.5) is 5.00 Å². The van der Waals surface area contributed by atoms with E-state index in [0.29, 0.717) is 17.4 Å². The van der Waals surface area contributed by atoms with E-state index in [-0.39, 0.29) is 23.9 Å². The van der Waals surface area contributed by atoms with Gasteiger partial charge in [-0.25, -0.2) is 4.79 Å². The number of amides is 1. The monoisotopic (exact) mass is 375 g/mol. The molecule has 0 aliphatic heterocycles. The number of hydrogen-bond acceptors (Lipinski definition) is 4. The first-order chi connectivity index (χ1) is 12.4. The standard InChI is InChI=1S/C21H29NO3S/c1-11(2)25-21(24)18-15-7-4-12(3)8-17(15)26-20(18)22-19(23)16-10-13-5-6-14(16)9-13/h11-14,16H,4-10H2,1-3H3,(H,22,23)/t12-,13+,14+,16-/m0/s1. The van der Waals surface area contributed by atoms with Gasteiger partial charge < -0.3 is 10.1 Å². The maximum absolute atomic E-state index is 12.9. The van der Waals surface area contributed by atoms with Crippen LogP contribution in [0.15, 0.2) is 0 Å². The van der Waals surface area contributed by atoms with Crippen LogP contribution in [-0.4, -0.2) is 18.0 Å². The molecular formula is C21H29NO3S. The zero-order valence-corrected chi connectivity index (χ0v) is 16.8. The van der Waals surface area contributed by atoms with Gasteiger partial charge >= 0.3 is 5.97 Å². The Bertz CT molecular complexity index is 723. The molecule has 0 aromatic carbocycles. The van der Waals surface area contributed by atoms with Crippen molar-refractivity contribution in [3.05, 3.63) is 16.0 Å². The van der Waals surface area contributed by atoms with Crippen LogP contribution in [0, 0.1) is 23.7 Å². The molecule has 1 amide bonds. The van der Waals surface area contributed by atoms with Gasteiger partial charge in [0.1, 0.15) is 5.00 Å². The molecule has 0 unspecified atom stereocenters. The quantitative estimate of drug-likeness (QED) is 0.768. The Hall–Kier alpha value is -1.36. The Morgan fingerprint density at radius 1 is 1.19 bits per heavy atom. The Balaban J connectivity index is 1.60. The van der Waals surface area contributed by atoms with Crippen LogP contribution in [-0.2, 0) is 22.4 Å². The molecule has 2 bridgehead atoms. The fourth-order valence-corrected chi connectivity index (χ4v) is 6.50. The van der Waals surface area contributed by atoms with Crippen molar-refractivity contribution < 1.29 is 14.3 Å². The number of hydrogen-bond donors (Lipinski definition) is 1. The number of anilines is 1. The third kappa shape index (κ3) is 3.30. The van der Waals surface area contributed by atoms with Crippen LogP contribution in [0.25, 0.3) is 0 Å². The molecule has 1 aromatic rings. The number of ether oxygens (including phenoxy) is 1. The van der Waals surface area contributed by atoms with Gasteiger partial charge in [-0.3, -0.25) is 4.79 Å². The molecule has 4 atom stereocenters. The number of thiophene rings is 1. The summed E-state index contributed by atoms with van der Waals surface area (Å²) in [7, 11) is 0. The summed E-state index contributed by atoms with van der Waals surface area (Å²) in [5, 5.41) is 3.87. The minimum atomic E-state index is -0.282. The van der Waals surface area contributed by atoms with Crippen molar-refractivity contribution in [3.8, 4) is 0 Å². The van der Waals surface area contributed by atoms with Crippen molar-refractivity contribution in [1.29, 1.82) is 0 Å². The first-order valence-corrected chi connectivity index (χ1v) is 10.9. The molecule has 3 aliphatic rings. The molecule has 2 saturated carbocycles. The van der Waals surface area contributed by atoms with Gasteiger partial charge in [-0.15, -0.1) is 11.3 Å². The van der Waals surface area contributed by atoms with Crippen LogP contribution in [0.3, 0.4) is 0 Å². The molecule has 4 nitrogen and oxygen atoms in total. The maximum atomic E-state index is 12.9. The lowest BCUT2D eigenvalue weighted by Gasteiger charge is -2.21. The number of carbonyl (C=O) groups excluding carboxylic acids is 2. The van der Waals surface area contributed by atoms with Crippen LogP contribution in [0.1, 0.15) is 73.7 Å². The third-order valence-electron chi connectivity index (χ3n) is 6.37. The Kier molecular flexibility index (Phi) is 4.84. The lowest BCUT2D eigenvalue weighted by atomic mass is 9.87. The fraction of sp³-hybridized carbons (Fsp3) is 0.714. The van der Waals surface area contributed by atoms with E-state index in [1.54, 1.807) is 11.3 Å². The van der Waals surface area contributed by atoms with Crippen molar-refractivity contribution in [2.24, 2.45) is 23.7 Å². The number of esters is 1. The topological polar surface area (TPSA) is 55.4 Å². The van der Waals surface area contributed by atoms with Gasteiger partial charge in [-0.05, 0) is 75.7 Å². The first kappa shape index (κ1) is 18.0. The predicted octanol–water partition coefficient (Wildman–Crippen LogP) is 4.81. The molecule has 1 heterocycles. The van der Waals surface area contributed by atoms with Crippen molar-refractivity contribution in [2.75, 3.05) is 5.32 Å². The van der Waals surface area contributed by atoms with Gasteiger partial charge in [0.15, 0.2) is 0 Å². The molecule has 4 rings (SSSR count). The average Bonchev–Trinajstić information content (AvgIpc) is 3.26. The summed E-state index contributed by atoms with van der Waals surface area (Å²) in [4.78, 5) is 26.9. The SMILES string of the molecule is CC(C)OC(=O)c1c(NC(=O)[C@H]2C[C@@H]3CC[C@@H]2C3)sc2c1CC[C@H](C)C2. The van der Waals surface area contributed by atoms with Crippen molar-refractivity contribution in [3.63, 3.8) is 0 Å². The average molecular weight is 376 g/mol. The van der Waals surface area contributed by atoms with E-state index < -0.39 is 0 Å². The Morgan fingerprint density at radius 2 is 2.00 bits per heavy atom. The van der Waals surface area contributed by atoms with Gasteiger partial charge in [0.25, 0.3) is 0 Å². The second-order valence-electron chi connectivity index (χ2n) is 8.78. The Labute approximate surface area is 159 Å². The predicted molar refractivity (Wildman–Crippen MR) is 104 cm³/mol. The summed E-state index contributed by atoms with van der Waals surface area (Å²) < 4.78 is 5.50. The molecule has 0 radical (unpaired) electrons. The van der Waals surface area contributed by atoms with E-state index in [4.69, 9.17) is 4.74 Å². The molecule has 1 aromatic heterocycles. The number of rotatable bonds is 4. The highest BCUT2D eigenvalue weighted by Gasteiger charge is 2.43. The highest BCUT2D eigenvalue weighted by Crippen LogP contribution is 2.49. The summed E-state index contributed by atoms with van der Waals surface area (Å²) in [6.45, 7) is 5.99. The van der Waals surface area contributed by atoms with Crippen LogP contribution >= 0.6 is 11.3 Å². The fourth-order valence-electron chi connectivity index (χ4n) is 5.10. The highest BCUT2D eigenvalue weighted by molar-refractivity contribution is 7.17. The van der Waals surface area contributed by atoms with E-state index in [9.17, 15) is 9.59 Å². The van der Waals surface area contributed by atoms with Gasteiger partial charge in [-0.1, -0.05) is 13.3 Å². The van der Waals surface area contributed by atoms with E-state index in [2.05, 4.69) is 12.2 Å². The molecule has 142 valence electrons. The van der Waals surface area contributed by atoms with E-state index in [0.717, 1.165) is 42.2 Å². The molecular weight excluding hydrogens is 346 g/mol. The number of nitrogens with one attached hydrogen (secondary N) is 1. The summed E-state index contributed by atoms with van der Waals surface area (Å²) in [6, 6.07) is 0. The third-order valence-corrected chi connectivity index (χ3v) is 7.54. The van der Waals surface area contributed by atoms with Gasteiger partial charge in [0.05, 0.1) is 11.7 Å². The van der Waals surface area contributed by atoms with Crippen molar-refractivity contribution in [2.45, 2.75) is 71.8 Å². The lowest BCUT2D eigenvalue weighted by Crippen LogP contribution is -2.27. The van der Waals surface area contributed by atoms with Gasteiger partial charge in [-0.2, -0.15) is 0 Å². The molecule has 5 heteroatoms. The molecule has 3 aliphatic carbocycles.